The van der Waals surface area contributed by atoms with Crippen LogP contribution in [-0.4, -0.2) is 36.9 Å². The lowest BCUT2D eigenvalue weighted by Crippen LogP contribution is -2.29. The number of rotatable bonds is 4. The van der Waals surface area contributed by atoms with E-state index in [0.717, 1.165) is 18.9 Å². The Morgan fingerprint density at radius 1 is 1.44 bits per heavy atom. The fraction of sp³-hybridized carbons (Fsp3) is 0.364. The fourth-order valence-corrected chi connectivity index (χ4v) is 3.22. The quantitative estimate of drug-likeness (QED) is 0.786. The maximum atomic E-state index is 12.2. The van der Waals surface area contributed by atoms with Gasteiger partial charge in [0.2, 0.25) is 10.0 Å². The van der Waals surface area contributed by atoms with E-state index in [9.17, 15) is 13.2 Å². The molecule has 0 amide bonds. The third kappa shape index (κ3) is 2.19. The van der Waals surface area contributed by atoms with Crippen molar-refractivity contribution in [1.29, 1.82) is 0 Å². The van der Waals surface area contributed by atoms with Crippen LogP contribution >= 0.6 is 0 Å². The standard InChI is InChI=1S/C11H14N2O4S/c1-13(8-3-4-8)18(16,17)10-5-2-7(11(14)15)6-9(10)12/h2,5-6,8H,3-4,12H2,1H3,(H,14,15). The number of nitrogens with two attached hydrogens (primary N) is 1. The molecule has 0 atom stereocenters. The SMILES string of the molecule is CN(C1CC1)S(=O)(=O)c1ccc(C(=O)O)cc1N. The van der Waals surface area contributed by atoms with Gasteiger partial charge < -0.3 is 10.8 Å². The highest BCUT2D eigenvalue weighted by molar-refractivity contribution is 7.89. The zero-order valence-corrected chi connectivity index (χ0v) is 10.6. The van der Waals surface area contributed by atoms with Crippen LogP contribution in [0, 0.1) is 0 Å². The Bertz CT molecular complexity index is 593. The van der Waals surface area contributed by atoms with Gasteiger partial charge in [0.15, 0.2) is 0 Å². The number of nitrogen functional groups attached to an aromatic ring is 1. The minimum atomic E-state index is -3.63. The lowest BCUT2D eigenvalue weighted by Gasteiger charge is -2.17. The molecule has 0 radical (unpaired) electrons. The molecular formula is C11H14N2O4S. The van der Waals surface area contributed by atoms with E-state index in [4.69, 9.17) is 10.8 Å². The van der Waals surface area contributed by atoms with Gasteiger partial charge in [0.05, 0.1) is 11.3 Å². The first-order chi connectivity index (χ1) is 8.34. The summed E-state index contributed by atoms with van der Waals surface area (Å²) in [5.41, 5.74) is 5.57. The highest BCUT2D eigenvalue weighted by atomic mass is 32.2. The molecule has 0 aliphatic heterocycles. The smallest absolute Gasteiger partial charge is 0.335 e. The Morgan fingerprint density at radius 2 is 2.06 bits per heavy atom. The molecule has 0 spiro atoms. The Balaban J connectivity index is 2.41. The second-order valence-electron chi connectivity index (χ2n) is 4.31. The van der Waals surface area contributed by atoms with Crippen LogP contribution in [0.2, 0.25) is 0 Å². The number of benzene rings is 1. The minimum absolute atomic E-state index is 0.0273. The number of hydrogen-bond acceptors (Lipinski definition) is 4. The molecule has 0 unspecified atom stereocenters. The molecule has 1 saturated carbocycles. The van der Waals surface area contributed by atoms with Gasteiger partial charge in [-0.2, -0.15) is 4.31 Å². The van der Waals surface area contributed by atoms with Gasteiger partial charge in [0.25, 0.3) is 0 Å². The highest BCUT2D eigenvalue weighted by Gasteiger charge is 2.35. The van der Waals surface area contributed by atoms with Crippen LogP contribution in [0.3, 0.4) is 0 Å². The van der Waals surface area contributed by atoms with Crippen LogP contribution in [0.15, 0.2) is 23.1 Å². The second-order valence-corrected chi connectivity index (χ2v) is 6.28. The van der Waals surface area contributed by atoms with Gasteiger partial charge in [-0.25, -0.2) is 13.2 Å². The molecule has 1 aliphatic carbocycles. The van der Waals surface area contributed by atoms with Crippen molar-refractivity contribution in [2.24, 2.45) is 0 Å². The monoisotopic (exact) mass is 270 g/mol. The predicted molar refractivity (Wildman–Crippen MR) is 65.8 cm³/mol. The van der Waals surface area contributed by atoms with Crippen molar-refractivity contribution in [2.45, 2.75) is 23.8 Å². The fourth-order valence-electron chi connectivity index (χ4n) is 1.71. The van der Waals surface area contributed by atoms with E-state index in [-0.39, 0.29) is 22.2 Å². The van der Waals surface area contributed by atoms with Crippen molar-refractivity contribution in [3.8, 4) is 0 Å². The molecule has 1 fully saturated rings. The number of nitrogens with zero attached hydrogens (tertiary/aromatic N) is 1. The maximum absolute atomic E-state index is 12.2. The first-order valence-corrected chi connectivity index (χ1v) is 6.89. The van der Waals surface area contributed by atoms with Crippen molar-refractivity contribution in [3.63, 3.8) is 0 Å². The molecule has 0 bridgehead atoms. The van der Waals surface area contributed by atoms with Crippen LogP contribution in [-0.2, 0) is 10.0 Å². The molecule has 0 heterocycles. The number of sulfonamides is 1. The number of hydrogen-bond donors (Lipinski definition) is 2. The van der Waals surface area contributed by atoms with E-state index < -0.39 is 16.0 Å². The first-order valence-electron chi connectivity index (χ1n) is 5.45. The van der Waals surface area contributed by atoms with Crippen LogP contribution in [0.25, 0.3) is 0 Å². The summed E-state index contributed by atoms with van der Waals surface area (Å²) in [6.07, 6.45) is 1.70. The first kappa shape index (κ1) is 12.8. The number of aromatic carboxylic acids is 1. The zero-order valence-electron chi connectivity index (χ0n) is 9.83. The van der Waals surface area contributed by atoms with Crippen molar-refractivity contribution in [2.75, 3.05) is 12.8 Å². The number of anilines is 1. The van der Waals surface area contributed by atoms with E-state index in [1.165, 1.54) is 23.5 Å². The van der Waals surface area contributed by atoms with Crippen LogP contribution in [0.1, 0.15) is 23.2 Å². The summed E-state index contributed by atoms with van der Waals surface area (Å²) in [6, 6.07) is 3.68. The Kier molecular flexibility index (Phi) is 3.04. The molecule has 2 rings (SSSR count). The van der Waals surface area contributed by atoms with Crippen LogP contribution in [0.4, 0.5) is 5.69 Å². The molecule has 1 aromatic carbocycles. The third-order valence-corrected chi connectivity index (χ3v) is 4.96. The number of carboxylic acids is 1. The summed E-state index contributed by atoms with van der Waals surface area (Å²) in [4.78, 5) is 10.7. The van der Waals surface area contributed by atoms with E-state index >= 15 is 0 Å². The summed E-state index contributed by atoms with van der Waals surface area (Å²) in [6.45, 7) is 0. The number of carboxylic acid groups (broad SMARTS) is 1. The molecule has 98 valence electrons. The average molecular weight is 270 g/mol. The van der Waals surface area contributed by atoms with Gasteiger partial charge in [0.1, 0.15) is 4.90 Å². The molecule has 0 saturated heterocycles. The van der Waals surface area contributed by atoms with E-state index in [1.807, 2.05) is 0 Å². The van der Waals surface area contributed by atoms with Gasteiger partial charge in [0, 0.05) is 13.1 Å². The molecule has 7 heteroatoms. The predicted octanol–water partition coefficient (Wildman–Crippen LogP) is 0.750. The van der Waals surface area contributed by atoms with Crippen LogP contribution in [0.5, 0.6) is 0 Å². The lowest BCUT2D eigenvalue weighted by atomic mass is 10.2. The maximum Gasteiger partial charge on any atom is 0.335 e. The molecule has 3 N–H and O–H groups in total. The normalized spacial score (nSPS) is 15.9. The summed E-state index contributed by atoms with van der Waals surface area (Å²) < 4.78 is 25.7. The van der Waals surface area contributed by atoms with Gasteiger partial charge in [-0.15, -0.1) is 0 Å². The van der Waals surface area contributed by atoms with E-state index in [2.05, 4.69) is 0 Å². The topological polar surface area (TPSA) is 101 Å². The summed E-state index contributed by atoms with van der Waals surface area (Å²) in [5, 5.41) is 8.79. The van der Waals surface area contributed by atoms with Gasteiger partial charge >= 0.3 is 5.97 Å². The lowest BCUT2D eigenvalue weighted by molar-refractivity contribution is 0.0697. The molecule has 18 heavy (non-hydrogen) atoms. The Hall–Kier alpha value is -1.60. The van der Waals surface area contributed by atoms with Crippen LogP contribution < -0.4 is 5.73 Å². The van der Waals surface area contributed by atoms with Gasteiger partial charge in [-0.3, -0.25) is 0 Å². The molecule has 1 aromatic rings. The highest BCUT2D eigenvalue weighted by Crippen LogP contribution is 2.32. The van der Waals surface area contributed by atoms with Crippen molar-refractivity contribution in [1.82, 2.24) is 4.31 Å². The van der Waals surface area contributed by atoms with E-state index in [0.29, 0.717) is 0 Å². The van der Waals surface area contributed by atoms with E-state index in [1.54, 1.807) is 0 Å². The summed E-state index contributed by atoms with van der Waals surface area (Å²) in [5.74, 6) is -1.14. The molecular weight excluding hydrogens is 256 g/mol. The summed E-state index contributed by atoms with van der Waals surface area (Å²) in [7, 11) is -2.12. The Morgan fingerprint density at radius 3 is 2.50 bits per heavy atom. The average Bonchev–Trinajstić information content (AvgIpc) is 3.11. The van der Waals surface area contributed by atoms with Gasteiger partial charge in [-0.1, -0.05) is 0 Å². The molecule has 1 aliphatic rings. The number of carbonyl (C=O) groups is 1. The van der Waals surface area contributed by atoms with Crippen molar-refractivity contribution in [3.05, 3.63) is 23.8 Å². The minimum Gasteiger partial charge on any atom is -0.478 e. The van der Waals surface area contributed by atoms with Crippen molar-refractivity contribution >= 4 is 21.7 Å². The largest absolute Gasteiger partial charge is 0.478 e. The zero-order chi connectivity index (χ0) is 13.5. The third-order valence-electron chi connectivity index (χ3n) is 2.97. The van der Waals surface area contributed by atoms with Gasteiger partial charge in [-0.05, 0) is 31.0 Å². The molecule has 0 aromatic heterocycles. The van der Waals surface area contributed by atoms with Crippen molar-refractivity contribution < 1.29 is 18.3 Å². The molecule has 6 nitrogen and oxygen atoms in total. The Labute approximate surface area is 105 Å². The second kappa shape index (κ2) is 4.25. The summed E-state index contributed by atoms with van der Waals surface area (Å²) >= 11 is 0.